The van der Waals surface area contributed by atoms with Gasteiger partial charge in [0.05, 0.1) is 12.0 Å². The number of rotatable bonds is 4. The molecule has 7 nitrogen and oxygen atoms in total. The fourth-order valence-corrected chi connectivity index (χ4v) is 2.48. The molecule has 0 spiro atoms. The molecule has 0 amide bonds. The predicted octanol–water partition coefficient (Wildman–Crippen LogP) is -0.0909. The molecule has 0 saturated heterocycles. The Balaban J connectivity index is 2.18. The molecule has 0 aromatic heterocycles. The first-order valence-corrected chi connectivity index (χ1v) is 6.97. The van der Waals surface area contributed by atoms with E-state index >= 15 is 0 Å². The highest BCUT2D eigenvalue weighted by molar-refractivity contribution is 7.89. The number of hydrogen-bond acceptors (Lipinski definition) is 6. The van der Waals surface area contributed by atoms with Crippen molar-refractivity contribution in [1.82, 2.24) is 4.72 Å². The molecule has 1 N–H and O–H groups in total. The molecule has 0 atom stereocenters. The van der Waals surface area contributed by atoms with E-state index in [2.05, 4.69) is 9.46 Å². The Morgan fingerprint density at radius 2 is 2.00 bits per heavy atom. The van der Waals surface area contributed by atoms with Crippen LogP contribution in [0.25, 0.3) is 0 Å². The highest BCUT2D eigenvalue weighted by Crippen LogP contribution is 2.32. The van der Waals surface area contributed by atoms with Crippen molar-refractivity contribution in [2.75, 3.05) is 26.9 Å². The molecule has 1 aromatic carbocycles. The Labute approximate surface area is 110 Å². The molecule has 0 fully saturated rings. The van der Waals surface area contributed by atoms with E-state index in [9.17, 15) is 13.2 Å². The molecule has 1 heterocycles. The normalized spacial score (nSPS) is 13.9. The number of fused-ring (bicyclic) bond motifs is 1. The van der Waals surface area contributed by atoms with Crippen LogP contribution < -0.4 is 14.2 Å². The number of carbonyl (C=O) groups is 1. The molecule has 1 aliphatic rings. The zero-order valence-electron chi connectivity index (χ0n) is 10.2. The average molecular weight is 287 g/mol. The summed E-state index contributed by atoms with van der Waals surface area (Å²) in [5.41, 5.74) is 0. The number of hydrogen-bond donors (Lipinski definition) is 1. The highest BCUT2D eigenvalue weighted by Gasteiger charge is 2.20. The van der Waals surface area contributed by atoms with E-state index in [4.69, 9.17) is 9.47 Å². The van der Waals surface area contributed by atoms with E-state index in [1.807, 2.05) is 0 Å². The lowest BCUT2D eigenvalue weighted by atomic mass is 10.3. The molecule has 0 saturated carbocycles. The van der Waals surface area contributed by atoms with Gasteiger partial charge in [-0.2, -0.15) is 4.72 Å². The topological polar surface area (TPSA) is 90.9 Å². The van der Waals surface area contributed by atoms with Crippen molar-refractivity contribution in [1.29, 1.82) is 0 Å². The van der Waals surface area contributed by atoms with Gasteiger partial charge in [0, 0.05) is 6.07 Å². The fraction of sp³-hybridized carbons (Fsp3) is 0.364. The third-order valence-corrected chi connectivity index (χ3v) is 3.86. The molecule has 0 aliphatic carbocycles. The smallest absolute Gasteiger partial charge is 0.320 e. The molecular formula is C11H13NO6S. The van der Waals surface area contributed by atoms with Gasteiger partial charge in [0.2, 0.25) is 10.0 Å². The SMILES string of the molecule is COC(=O)CNS(=O)(=O)c1ccc2c(c1)OCCO2. The average Bonchev–Trinajstić information content (AvgIpc) is 2.44. The van der Waals surface area contributed by atoms with Gasteiger partial charge in [0.1, 0.15) is 19.8 Å². The molecule has 0 bridgehead atoms. The molecule has 0 radical (unpaired) electrons. The van der Waals surface area contributed by atoms with Crippen molar-refractivity contribution >= 4 is 16.0 Å². The fourth-order valence-electron chi connectivity index (χ4n) is 1.50. The van der Waals surface area contributed by atoms with Gasteiger partial charge in [-0.05, 0) is 12.1 Å². The number of nitrogens with one attached hydrogen (secondary N) is 1. The van der Waals surface area contributed by atoms with Crippen molar-refractivity contribution in [2.45, 2.75) is 4.90 Å². The number of methoxy groups -OCH3 is 1. The van der Waals surface area contributed by atoms with E-state index in [0.29, 0.717) is 24.7 Å². The van der Waals surface area contributed by atoms with E-state index < -0.39 is 22.5 Å². The Morgan fingerprint density at radius 3 is 2.68 bits per heavy atom. The number of ether oxygens (including phenoxy) is 3. The Bertz CT molecular complexity index is 583. The zero-order valence-corrected chi connectivity index (χ0v) is 11.0. The second-order valence-corrected chi connectivity index (χ2v) is 5.47. The Morgan fingerprint density at radius 1 is 1.32 bits per heavy atom. The summed E-state index contributed by atoms with van der Waals surface area (Å²) in [5.74, 6) is 0.200. The summed E-state index contributed by atoms with van der Waals surface area (Å²) in [4.78, 5) is 10.9. The number of sulfonamides is 1. The Kier molecular flexibility index (Phi) is 3.91. The second kappa shape index (κ2) is 5.45. The number of esters is 1. The molecule has 104 valence electrons. The third kappa shape index (κ3) is 3.15. The minimum absolute atomic E-state index is 0.000605. The summed E-state index contributed by atoms with van der Waals surface area (Å²) in [5, 5.41) is 0. The van der Waals surface area contributed by atoms with Crippen LogP contribution in [0.5, 0.6) is 11.5 Å². The lowest BCUT2D eigenvalue weighted by Crippen LogP contribution is -2.30. The molecular weight excluding hydrogens is 274 g/mol. The minimum Gasteiger partial charge on any atom is -0.486 e. The Hall–Kier alpha value is -1.80. The minimum atomic E-state index is -3.79. The number of benzene rings is 1. The maximum absolute atomic E-state index is 11.9. The monoisotopic (exact) mass is 287 g/mol. The summed E-state index contributed by atoms with van der Waals surface area (Å²) >= 11 is 0. The van der Waals surface area contributed by atoms with Crippen molar-refractivity contribution < 1.29 is 27.4 Å². The maximum atomic E-state index is 11.9. The van der Waals surface area contributed by atoms with Crippen LogP contribution in [0.4, 0.5) is 0 Å². The van der Waals surface area contributed by atoms with Gasteiger partial charge >= 0.3 is 5.97 Å². The van der Waals surface area contributed by atoms with Gasteiger partial charge in [0.25, 0.3) is 0 Å². The van der Waals surface area contributed by atoms with Crippen LogP contribution in [0.2, 0.25) is 0 Å². The van der Waals surface area contributed by atoms with Crippen molar-refractivity contribution in [3.05, 3.63) is 18.2 Å². The summed E-state index contributed by atoms with van der Waals surface area (Å²) < 4.78 is 40.9. The van der Waals surface area contributed by atoms with Crippen LogP contribution in [-0.2, 0) is 19.6 Å². The van der Waals surface area contributed by atoms with Crippen molar-refractivity contribution in [2.24, 2.45) is 0 Å². The van der Waals surface area contributed by atoms with E-state index in [1.54, 1.807) is 0 Å². The van der Waals surface area contributed by atoms with Crippen LogP contribution in [0.1, 0.15) is 0 Å². The van der Waals surface area contributed by atoms with Gasteiger partial charge in [-0.1, -0.05) is 0 Å². The molecule has 2 rings (SSSR count). The molecule has 19 heavy (non-hydrogen) atoms. The summed E-state index contributed by atoms with van der Waals surface area (Å²) in [7, 11) is -2.60. The van der Waals surface area contributed by atoms with Crippen LogP contribution in [0, 0.1) is 0 Å². The van der Waals surface area contributed by atoms with Crippen LogP contribution in [0.3, 0.4) is 0 Å². The van der Waals surface area contributed by atoms with Gasteiger partial charge in [-0.3, -0.25) is 4.79 Å². The molecule has 0 unspecified atom stereocenters. The molecule has 1 aliphatic heterocycles. The zero-order chi connectivity index (χ0) is 13.9. The quantitative estimate of drug-likeness (QED) is 0.778. The lowest BCUT2D eigenvalue weighted by molar-refractivity contribution is -0.139. The predicted molar refractivity (Wildman–Crippen MR) is 64.6 cm³/mol. The third-order valence-electron chi connectivity index (χ3n) is 2.46. The van der Waals surface area contributed by atoms with Crippen molar-refractivity contribution in [3.8, 4) is 11.5 Å². The second-order valence-electron chi connectivity index (χ2n) is 3.71. The van der Waals surface area contributed by atoms with Crippen molar-refractivity contribution in [3.63, 3.8) is 0 Å². The van der Waals surface area contributed by atoms with Gasteiger partial charge in [-0.15, -0.1) is 0 Å². The first-order chi connectivity index (χ1) is 9.03. The summed E-state index contributed by atoms with van der Waals surface area (Å²) in [6.45, 7) is 0.374. The summed E-state index contributed by atoms with van der Waals surface area (Å²) in [6.07, 6.45) is 0. The highest BCUT2D eigenvalue weighted by atomic mass is 32.2. The van der Waals surface area contributed by atoms with E-state index in [1.165, 1.54) is 25.3 Å². The summed E-state index contributed by atoms with van der Waals surface area (Å²) in [6, 6.07) is 4.25. The first kappa shape index (κ1) is 13.6. The molecule has 8 heteroatoms. The van der Waals surface area contributed by atoms with E-state index in [-0.39, 0.29) is 4.90 Å². The largest absolute Gasteiger partial charge is 0.486 e. The number of carbonyl (C=O) groups excluding carboxylic acids is 1. The van der Waals surface area contributed by atoms with Gasteiger partial charge < -0.3 is 14.2 Å². The lowest BCUT2D eigenvalue weighted by Gasteiger charge is -2.18. The van der Waals surface area contributed by atoms with Crippen LogP contribution in [-0.4, -0.2) is 41.3 Å². The first-order valence-electron chi connectivity index (χ1n) is 5.49. The van der Waals surface area contributed by atoms with E-state index in [0.717, 1.165) is 0 Å². The van der Waals surface area contributed by atoms with Crippen LogP contribution >= 0.6 is 0 Å². The molecule has 1 aromatic rings. The van der Waals surface area contributed by atoms with Crippen LogP contribution in [0.15, 0.2) is 23.1 Å². The maximum Gasteiger partial charge on any atom is 0.320 e. The van der Waals surface area contributed by atoms with Gasteiger partial charge in [-0.25, -0.2) is 8.42 Å². The van der Waals surface area contributed by atoms with Gasteiger partial charge in [0.15, 0.2) is 11.5 Å². The standard InChI is InChI=1S/C11H13NO6S/c1-16-11(13)7-12-19(14,15)8-2-3-9-10(6-8)18-5-4-17-9/h2-3,6,12H,4-5,7H2,1H3.